The topological polar surface area (TPSA) is 12.9 Å². The van der Waals surface area contributed by atoms with Crippen LogP contribution in [0.2, 0.25) is 0 Å². The minimum atomic E-state index is 1.19. The summed E-state index contributed by atoms with van der Waals surface area (Å²) in [5.41, 5.74) is 2.50. The lowest BCUT2D eigenvalue weighted by Crippen LogP contribution is -1.91. The molecule has 35 heavy (non-hydrogen) atoms. The Morgan fingerprint density at radius 3 is 1.89 bits per heavy atom. The van der Waals surface area contributed by atoms with Gasteiger partial charge in [-0.1, -0.05) is 115 Å². The van der Waals surface area contributed by atoms with Gasteiger partial charge in [0.05, 0.1) is 0 Å². The van der Waals surface area contributed by atoms with E-state index >= 15 is 0 Å². The largest absolute Gasteiger partial charge is 0.264 e. The Bertz CT molecular complexity index is 1820. The molecule has 164 valence electrons. The highest BCUT2D eigenvalue weighted by molar-refractivity contribution is 8.00. The van der Waals surface area contributed by atoms with E-state index in [1.165, 1.54) is 64.0 Å². The molecule has 0 saturated heterocycles. The molecule has 0 bridgehead atoms. The minimum Gasteiger partial charge on any atom is -0.264 e. The predicted octanol–water partition coefficient (Wildman–Crippen LogP) is 9.51. The van der Waals surface area contributed by atoms with Crippen LogP contribution in [-0.2, 0) is 0 Å². The molecule has 7 aromatic rings. The summed E-state index contributed by atoms with van der Waals surface area (Å²) in [4.78, 5) is 7.12. The quantitative estimate of drug-likeness (QED) is 0.242. The van der Waals surface area contributed by atoms with Gasteiger partial charge in [0.25, 0.3) is 0 Å². The van der Waals surface area contributed by atoms with Crippen molar-refractivity contribution in [2.24, 2.45) is 0 Å². The maximum atomic E-state index is 4.57. The molecular formula is C33H21NS. The number of benzene rings is 6. The lowest BCUT2D eigenvalue weighted by molar-refractivity contribution is 1.36. The second-order valence-corrected chi connectivity index (χ2v) is 9.83. The van der Waals surface area contributed by atoms with Gasteiger partial charge in [-0.25, -0.2) is 0 Å². The highest BCUT2D eigenvalue weighted by atomic mass is 32.2. The van der Waals surface area contributed by atoms with Crippen LogP contribution in [0.3, 0.4) is 0 Å². The number of hydrogen-bond donors (Lipinski definition) is 0. The van der Waals surface area contributed by atoms with Gasteiger partial charge in [0.15, 0.2) is 0 Å². The Morgan fingerprint density at radius 1 is 0.457 bits per heavy atom. The molecule has 7 rings (SSSR count). The summed E-state index contributed by atoms with van der Waals surface area (Å²) >= 11 is 1.86. The van der Waals surface area contributed by atoms with Crippen LogP contribution in [-0.4, -0.2) is 4.98 Å². The lowest BCUT2D eigenvalue weighted by atomic mass is 9.90. The molecule has 6 aromatic carbocycles. The van der Waals surface area contributed by atoms with Crippen LogP contribution in [0.4, 0.5) is 0 Å². The van der Waals surface area contributed by atoms with Crippen LogP contribution in [0.25, 0.3) is 54.2 Å². The fraction of sp³-hybridized carbons (Fsp3) is 0. The first-order valence-electron chi connectivity index (χ1n) is 11.8. The van der Waals surface area contributed by atoms with Crippen LogP contribution in [0, 0.1) is 0 Å². The molecule has 1 heterocycles. The van der Waals surface area contributed by atoms with Crippen molar-refractivity contribution in [3.05, 3.63) is 128 Å². The maximum absolute atomic E-state index is 4.57. The average Bonchev–Trinajstić information content (AvgIpc) is 2.93. The first kappa shape index (κ1) is 20.3. The molecule has 0 aliphatic rings. The van der Waals surface area contributed by atoms with Crippen molar-refractivity contribution < 1.29 is 0 Å². The molecule has 0 unspecified atom stereocenters. The fourth-order valence-corrected chi connectivity index (χ4v) is 6.46. The Hall–Kier alpha value is -4.14. The zero-order chi connectivity index (χ0) is 23.2. The third-order valence-corrected chi connectivity index (χ3v) is 8.02. The third kappa shape index (κ3) is 3.30. The van der Waals surface area contributed by atoms with Crippen molar-refractivity contribution in [2.75, 3.05) is 0 Å². The second kappa shape index (κ2) is 8.26. The van der Waals surface area contributed by atoms with E-state index < -0.39 is 0 Å². The highest BCUT2D eigenvalue weighted by Crippen LogP contribution is 2.47. The fourth-order valence-electron chi connectivity index (χ4n) is 5.22. The van der Waals surface area contributed by atoms with Crippen molar-refractivity contribution in [1.29, 1.82) is 0 Å². The summed E-state index contributed by atoms with van der Waals surface area (Å²) in [7, 11) is 0. The van der Waals surface area contributed by atoms with Crippen molar-refractivity contribution in [3.8, 4) is 11.1 Å². The number of fused-ring (bicyclic) bond motifs is 4. The Labute approximate surface area is 208 Å². The van der Waals surface area contributed by atoms with Crippen molar-refractivity contribution in [1.82, 2.24) is 4.98 Å². The smallest absolute Gasteiger partial charge is 0.0353 e. The van der Waals surface area contributed by atoms with E-state index in [0.717, 1.165) is 0 Å². The van der Waals surface area contributed by atoms with Crippen LogP contribution in [0.1, 0.15) is 0 Å². The van der Waals surface area contributed by atoms with Gasteiger partial charge in [-0.2, -0.15) is 0 Å². The van der Waals surface area contributed by atoms with E-state index in [-0.39, 0.29) is 0 Å². The number of nitrogens with zero attached hydrogens (tertiary/aromatic N) is 1. The zero-order valence-corrected chi connectivity index (χ0v) is 19.8. The first-order valence-corrected chi connectivity index (χ1v) is 12.6. The maximum Gasteiger partial charge on any atom is 0.0353 e. The van der Waals surface area contributed by atoms with E-state index in [4.69, 9.17) is 0 Å². The van der Waals surface area contributed by atoms with Gasteiger partial charge in [0.1, 0.15) is 0 Å². The van der Waals surface area contributed by atoms with Gasteiger partial charge < -0.3 is 0 Å². The number of rotatable bonds is 3. The molecule has 0 aliphatic heterocycles. The molecule has 2 heteroatoms. The number of aromatic nitrogens is 1. The van der Waals surface area contributed by atoms with E-state index in [1.807, 2.05) is 24.2 Å². The van der Waals surface area contributed by atoms with Crippen molar-refractivity contribution >= 4 is 54.9 Å². The Morgan fingerprint density at radius 2 is 1.06 bits per heavy atom. The van der Waals surface area contributed by atoms with Crippen LogP contribution >= 0.6 is 11.8 Å². The molecule has 0 N–H and O–H groups in total. The van der Waals surface area contributed by atoms with E-state index in [9.17, 15) is 0 Å². The van der Waals surface area contributed by atoms with Crippen LogP contribution < -0.4 is 0 Å². The van der Waals surface area contributed by atoms with Crippen LogP contribution in [0.15, 0.2) is 137 Å². The lowest BCUT2D eigenvalue weighted by Gasteiger charge is -2.18. The summed E-state index contributed by atoms with van der Waals surface area (Å²) in [5.74, 6) is 0. The van der Waals surface area contributed by atoms with Crippen molar-refractivity contribution in [2.45, 2.75) is 9.79 Å². The third-order valence-electron chi connectivity index (χ3n) is 6.80. The second-order valence-electron chi connectivity index (χ2n) is 8.78. The van der Waals surface area contributed by atoms with Gasteiger partial charge in [0.2, 0.25) is 0 Å². The molecule has 1 nitrogen and oxygen atoms in total. The number of pyridine rings is 1. The van der Waals surface area contributed by atoms with E-state index in [1.54, 1.807) is 0 Å². The standard InChI is InChI=1S/C33H21NS/c1-3-13-24-22(9-1)11-7-17-26(24)32-27-15-5-6-16-28(27)33(29-19-20-34-21-30(29)32)35-31-18-8-12-23-10-2-4-14-25(23)31/h1-21H. The average molecular weight is 464 g/mol. The van der Waals surface area contributed by atoms with E-state index in [2.05, 4.69) is 120 Å². The minimum absolute atomic E-state index is 1.19. The number of hydrogen-bond acceptors (Lipinski definition) is 2. The molecule has 0 saturated carbocycles. The molecule has 0 atom stereocenters. The Balaban J connectivity index is 1.58. The van der Waals surface area contributed by atoms with Crippen LogP contribution in [0.5, 0.6) is 0 Å². The highest BCUT2D eigenvalue weighted by Gasteiger charge is 2.18. The molecule has 0 amide bonds. The Kier molecular flexibility index (Phi) is 4.78. The monoisotopic (exact) mass is 463 g/mol. The molecule has 0 fully saturated rings. The molecule has 1 aromatic heterocycles. The summed E-state index contributed by atoms with van der Waals surface area (Å²) < 4.78 is 0. The van der Waals surface area contributed by atoms with Gasteiger partial charge in [0, 0.05) is 27.6 Å². The molecular weight excluding hydrogens is 442 g/mol. The summed E-state index contributed by atoms with van der Waals surface area (Å²) in [5, 5.41) is 10.0. The molecule has 0 aliphatic carbocycles. The van der Waals surface area contributed by atoms with Gasteiger partial charge in [-0.15, -0.1) is 0 Å². The zero-order valence-electron chi connectivity index (χ0n) is 19.0. The predicted molar refractivity (Wildman–Crippen MR) is 150 cm³/mol. The van der Waals surface area contributed by atoms with Crippen molar-refractivity contribution in [3.63, 3.8) is 0 Å². The summed E-state index contributed by atoms with van der Waals surface area (Å²) in [6.45, 7) is 0. The van der Waals surface area contributed by atoms with Gasteiger partial charge in [-0.05, 0) is 61.0 Å². The van der Waals surface area contributed by atoms with Gasteiger partial charge in [-0.3, -0.25) is 4.98 Å². The van der Waals surface area contributed by atoms with E-state index in [0.29, 0.717) is 0 Å². The SMILES string of the molecule is c1ccc2c(Sc3c4ccccc4c(-c4cccc5ccccc45)c4cnccc34)cccc2c1. The summed E-state index contributed by atoms with van der Waals surface area (Å²) in [6, 6.07) is 41.4. The molecule has 0 spiro atoms. The van der Waals surface area contributed by atoms with Gasteiger partial charge >= 0.3 is 0 Å². The molecule has 0 radical (unpaired) electrons. The first-order chi connectivity index (χ1) is 17.4. The normalized spacial score (nSPS) is 11.5. The summed E-state index contributed by atoms with van der Waals surface area (Å²) in [6.07, 6.45) is 3.95.